The van der Waals surface area contributed by atoms with Crippen LogP contribution in [0.2, 0.25) is 0 Å². The molecule has 1 aromatic carbocycles. The number of urea groups is 1. The average Bonchev–Trinajstić information content (AvgIpc) is 2.82. The highest BCUT2D eigenvalue weighted by Crippen LogP contribution is 2.39. The standard InChI is InChI=1S/C26H41N3O10S/c1-16(17-11-18(12-17)22(27)30)29(24(28)32)39-40(33,34)38-15-26(4,5)13-25(2,3)14-37-23(31)21-19(35-6)9-8-10-20(21)36-7/h8-10,16-18H,11-15H2,1-7H3,(H2,27,30)(H2,28,32)/t16-,17-,18-/m0/s1. The van der Waals surface area contributed by atoms with Gasteiger partial charge in [-0.25, -0.2) is 13.8 Å². The van der Waals surface area contributed by atoms with Crippen LogP contribution < -0.4 is 20.9 Å². The molecule has 226 valence electrons. The van der Waals surface area contributed by atoms with E-state index in [1.54, 1.807) is 39.0 Å². The van der Waals surface area contributed by atoms with Crippen LogP contribution in [0.4, 0.5) is 4.79 Å². The highest BCUT2D eigenvalue weighted by molar-refractivity contribution is 7.81. The van der Waals surface area contributed by atoms with Crippen molar-refractivity contribution < 1.29 is 45.5 Å². The van der Waals surface area contributed by atoms with Gasteiger partial charge < -0.3 is 25.7 Å². The Labute approximate surface area is 235 Å². The third-order valence-electron chi connectivity index (χ3n) is 6.79. The molecule has 0 unspecified atom stereocenters. The molecule has 14 heteroatoms. The lowest BCUT2D eigenvalue weighted by Crippen LogP contribution is -2.51. The number of benzene rings is 1. The number of ether oxygens (including phenoxy) is 3. The first-order chi connectivity index (χ1) is 18.4. The molecule has 1 saturated carbocycles. The van der Waals surface area contributed by atoms with Gasteiger partial charge in [0, 0.05) is 5.92 Å². The molecular formula is C26H41N3O10S. The Bertz CT molecular complexity index is 1160. The average molecular weight is 588 g/mol. The minimum absolute atomic E-state index is 0.0143. The highest BCUT2D eigenvalue weighted by atomic mass is 32.3. The molecule has 0 radical (unpaired) electrons. The summed E-state index contributed by atoms with van der Waals surface area (Å²) in [5, 5.41) is 0.541. The van der Waals surface area contributed by atoms with Crippen molar-refractivity contribution in [2.75, 3.05) is 27.4 Å². The Kier molecular flexibility index (Phi) is 10.8. The summed E-state index contributed by atoms with van der Waals surface area (Å²) >= 11 is 0. The molecule has 2 rings (SSSR count). The number of rotatable bonds is 15. The van der Waals surface area contributed by atoms with Crippen molar-refractivity contribution in [3.63, 3.8) is 0 Å². The van der Waals surface area contributed by atoms with E-state index in [0.29, 0.717) is 35.8 Å². The van der Waals surface area contributed by atoms with Crippen LogP contribution in [0.15, 0.2) is 18.2 Å². The van der Waals surface area contributed by atoms with E-state index in [-0.39, 0.29) is 30.6 Å². The number of nitrogens with zero attached hydrogens (tertiary/aromatic N) is 1. The number of hydrogen-bond acceptors (Lipinski definition) is 10. The molecule has 0 aromatic heterocycles. The second-order valence-corrected chi connectivity index (χ2v) is 12.8. The Morgan fingerprint density at radius 1 is 1.00 bits per heavy atom. The van der Waals surface area contributed by atoms with Gasteiger partial charge in [-0.1, -0.05) is 33.8 Å². The number of primary amides is 2. The van der Waals surface area contributed by atoms with Gasteiger partial charge in [0.15, 0.2) is 0 Å². The molecule has 1 aliphatic carbocycles. The number of hydroxylamine groups is 2. The number of carbonyl (C=O) groups is 3. The van der Waals surface area contributed by atoms with E-state index in [9.17, 15) is 22.8 Å². The first-order valence-corrected chi connectivity index (χ1v) is 14.1. The van der Waals surface area contributed by atoms with Gasteiger partial charge in [-0.3, -0.25) is 4.79 Å². The van der Waals surface area contributed by atoms with Gasteiger partial charge in [0.1, 0.15) is 17.1 Å². The van der Waals surface area contributed by atoms with Crippen LogP contribution in [-0.2, 0) is 28.4 Å². The van der Waals surface area contributed by atoms with Crippen LogP contribution in [0.5, 0.6) is 11.5 Å². The predicted octanol–water partition coefficient (Wildman–Crippen LogP) is 2.78. The zero-order valence-corrected chi connectivity index (χ0v) is 24.9. The SMILES string of the molecule is COc1cccc(OC)c1C(=O)OCC(C)(C)CC(C)(C)COS(=O)(=O)ON(C(N)=O)[C@@H](C)[C@H]1C[C@H](C(N)=O)C1. The van der Waals surface area contributed by atoms with Gasteiger partial charge in [-0.2, -0.15) is 13.5 Å². The predicted molar refractivity (Wildman–Crippen MR) is 144 cm³/mol. The number of hydrogen-bond donors (Lipinski definition) is 2. The molecule has 13 nitrogen and oxygen atoms in total. The van der Waals surface area contributed by atoms with Crippen molar-refractivity contribution in [3.8, 4) is 11.5 Å². The van der Waals surface area contributed by atoms with E-state index in [1.807, 2.05) is 13.8 Å². The molecule has 40 heavy (non-hydrogen) atoms. The van der Waals surface area contributed by atoms with Crippen LogP contribution >= 0.6 is 0 Å². The van der Waals surface area contributed by atoms with Gasteiger partial charge in [0.05, 0.1) is 33.5 Å². The molecule has 1 fully saturated rings. The van der Waals surface area contributed by atoms with Gasteiger partial charge in [0.25, 0.3) is 0 Å². The molecule has 0 bridgehead atoms. The number of esters is 1. The number of nitrogens with two attached hydrogens (primary N) is 2. The summed E-state index contributed by atoms with van der Waals surface area (Å²) in [6.45, 7) is 8.57. The van der Waals surface area contributed by atoms with Crippen LogP contribution in [-0.4, -0.2) is 64.9 Å². The topological polar surface area (TPSA) is 187 Å². The maximum atomic E-state index is 12.8. The number of methoxy groups -OCH3 is 2. The van der Waals surface area contributed by atoms with Crippen LogP contribution in [0.3, 0.4) is 0 Å². The largest absolute Gasteiger partial charge is 0.496 e. The lowest BCUT2D eigenvalue weighted by Gasteiger charge is -2.40. The fourth-order valence-electron chi connectivity index (χ4n) is 4.92. The third kappa shape index (κ3) is 8.96. The Hall–Kier alpha value is -3.10. The van der Waals surface area contributed by atoms with Crippen LogP contribution in [0.1, 0.15) is 64.2 Å². The molecule has 1 atom stereocenters. The monoisotopic (exact) mass is 587 g/mol. The molecule has 0 spiro atoms. The molecule has 0 saturated heterocycles. The fourth-order valence-corrected chi connectivity index (χ4v) is 5.83. The van der Waals surface area contributed by atoms with Crippen molar-refractivity contribution in [3.05, 3.63) is 23.8 Å². The van der Waals surface area contributed by atoms with Crippen molar-refractivity contribution in [2.45, 2.75) is 59.9 Å². The van der Waals surface area contributed by atoms with E-state index in [1.165, 1.54) is 14.2 Å². The molecule has 1 aliphatic rings. The van der Waals surface area contributed by atoms with E-state index < -0.39 is 45.2 Å². The first-order valence-electron chi connectivity index (χ1n) is 12.8. The zero-order valence-electron chi connectivity index (χ0n) is 24.1. The maximum absolute atomic E-state index is 12.8. The second kappa shape index (κ2) is 13.0. The van der Waals surface area contributed by atoms with Crippen molar-refractivity contribution in [1.29, 1.82) is 0 Å². The lowest BCUT2D eigenvalue weighted by molar-refractivity contribution is -0.130. The number of carbonyl (C=O) groups excluding carboxylic acids is 3. The summed E-state index contributed by atoms with van der Waals surface area (Å²) < 4.78 is 51.3. The Morgan fingerprint density at radius 2 is 1.52 bits per heavy atom. The third-order valence-corrected chi connectivity index (χ3v) is 7.54. The molecule has 1 aromatic rings. The summed E-state index contributed by atoms with van der Waals surface area (Å²) in [7, 11) is -1.79. The van der Waals surface area contributed by atoms with E-state index in [0.717, 1.165) is 0 Å². The first kappa shape index (κ1) is 33.1. The highest BCUT2D eigenvalue weighted by Gasteiger charge is 2.42. The molecular weight excluding hydrogens is 546 g/mol. The summed E-state index contributed by atoms with van der Waals surface area (Å²) in [6.07, 6.45) is 1.17. The minimum Gasteiger partial charge on any atom is -0.496 e. The normalized spacial score (nSPS) is 18.3. The fraction of sp³-hybridized carbons (Fsp3) is 0.654. The van der Waals surface area contributed by atoms with Gasteiger partial charge in [-0.15, -0.1) is 4.28 Å². The van der Waals surface area contributed by atoms with Crippen molar-refractivity contribution in [1.82, 2.24) is 5.06 Å². The Morgan fingerprint density at radius 3 is 2.00 bits per heavy atom. The molecule has 4 N–H and O–H groups in total. The van der Waals surface area contributed by atoms with E-state index in [2.05, 4.69) is 0 Å². The summed E-state index contributed by atoms with van der Waals surface area (Å²) in [5.41, 5.74) is 9.48. The minimum atomic E-state index is -4.66. The smallest absolute Gasteiger partial charge is 0.421 e. The second-order valence-electron chi connectivity index (χ2n) is 11.6. The van der Waals surface area contributed by atoms with Gasteiger partial charge in [0.2, 0.25) is 5.91 Å². The van der Waals surface area contributed by atoms with Gasteiger partial charge in [-0.05, 0) is 55.1 Å². The van der Waals surface area contributed by atoms with Gasteiger partial charge >= 0.3 is 22.4 Å². The van der Waals surface area contributed by atoms with Crippen LogP contribution in [0.25, 0.3) is 0 Å². The number of amides is 3. The van der Waals surface area contributed by atoms with Crippen molar-refractivity contribution >= 4 is 28.3 Å². The molecule has 0 aliphatic heterocycles. The van der Waals surface area contributed by atoms with E-state index >= 15 is 0 Å². The lowest BCUT2D eigenvalue weighted by atomic mass is 9.71. The summed E-state index contributed by atoms with van der Waals surface area (Å²) in [5.74, 6) is -1.01. The zero-order chi connectivity index (χ0) is 30.5. The summed E-state index contributed by atoms with van der Waals surface area (Å²) in [6, 6.07) is 3.09. The molecule has 0 heterocycles. The Balaban J connectivity index is 1.97. The van der Waals surface area contributed by atoms with Crippen molar-refractivity contribution in [2.24, 2.45) is 34.1 Å². The molecule has 3 amide bonds. The summed E-state index contributed by atoms with van der Waals surface area (Å²) in [4.78, 5) is 36.1. The quantitative estimate of drug-likeness (QED) is 0.228. The van der Waals surface area contributed by atoms with Crippen LogP contribution in [0, 0.1) is 22.7 Å². The maximum Gasteiger partial charge on any atom is 0.421 e. The van der Waals surface area contributed by atoms with E-state index in [4.69, 9.17) is 34.1 Å².